The zero-order valence-electron chi connectivity index (χ0n) is 12.4. The molecule has 116 valence electrons. The van der Waals surface area contributed by atoms with Crippen LogP contribution in [0, 0.1) is 5.82 Å². The van der Waals surface area contributed by atoms with Gasteiger partial charge in [0.2, 0.25) is 0 Å². The number of hydrogen-bond donors (Lipinski definition) is 0. The molecule has 1 aromatic rings. The maximum Gasteiger partial charge on any atom is 0.313 e. The Balaban J connectivity index is 2.72. The highest BCUT2D eigenvalue weighted by Crippen LogP contribution is 2.26. The molecule has 4 nitrogen and oxygen atoms in total. The van der Waals surface area contributed by atoms with Crippen molar-refractivity contribution in [1.29, 1.82) is 0 Å². The number of rotatable bonds is 8. The standard InChI is InChI=1S/C16H21FO4/c1-3-20-15(18)11-7-9-13(16(19)21-4-2)12-8-5-6-10-14(12)17/h5-6,8,10,13H,3-4,7,9,11H2,1-2H3. The lowest BCUT2D eigenvalue weighted by Crippen LogP contribution is -2.18. The Morgan fingerprint density at radius 3 is 2.43 bits per heavy atom. The molecule has 0 radical (unpaired) electrons. The average molecular weight is 296 g/mol. The molecule has 0 amide bonds. The van der Waals surface area contributed by atoms with Crippen molar-refractivity contribution in [2.75, 3.05) is 13.2 Å². The van der Waals surface area contributed by atoms with Crippen molar-refractivity contribution in [3.63, 3.8) is 0 Å². The molecule has 0 spiro atoms. The van der Waals surface area contributed by atoms with E-state index in [4.69, 9.17) is 9.47 Å². The Morgan fingerprint density at radius 2 is 1.81 bits per heavy atom. The van der Waals surface area contributed by atoms with E-state index in [1.165, 1.54) is 6.07 Å². The van der Waals surface area contributed by atoms with Crippen LogP contribution in [0.4, 0.5) is 4.39 Å². The first-order valence-electron chi connectivity index (χ1n) is 7.16. The second-order valence-electron chi connectivity index (χ2n) is 4.52. The molecule has 0 aliphatic rings. The number of esters is 2. The summed E-state index contributed by atoms with van der Waals surface area (Å²) in [5.41, 5.74) is 0.305. The van der Waals surface area contributed by atoms with Crippen LogP contribution in [0.25, 0.3) is 0 Å². The number of halogens is 1. The summed E-state index contributed by atoms with van der Waals surface area (Å²) in [6.07, 6.45) is 0.993. The van der Waals surface area contributed by atoms with Gasteiger partial charge in [0.1, 0.15) is 5.82 Å². The van der Waals surface area contributed by atoms with Crippen molar-refractivity contribution in [2.45, 2.75) is 39.0 Å². The highest BCUT2D eigenvalue weighted by molar-refractivity contribution is 5.78. The fraction of sp³-hybridized carbons (Fsp3) is 0.500. The quantitative estimate of drug-likeness (QED) is 0.691. The molecule has 5 heteroatoms. The van der Waals surface area contributed by atoms with Gasteiger partial charge >= 0.3 is 11.9 Å². The molecule has 0 aromatic heterocycles. The predicted octanol–water partition coefficient (Wildman–Crippen LogP) is 3.21. The zero-order chi connectivity index (χ0) is 15.7. The topological polar surface area (TPSA) is 52.6 Å². The van der Waals surface area contributed by atoms with Crippen LogP contribution >= 0.6 is 0 Å². The lowest BCUT2D eigenvalue weighted by Gasteiger charge is -2.16. The van der Waals surface area contributed by atoms with E-state index in [0.717, 1.165) is 0 Å². The third-order valence-electron chi connectivity index (χ3n) is 3.03. The van der Waals surface area contributed by atoms with Crippen LogP contribution in [0.3, 0.4) is 0 Å². The molecule has 1 aromatic carbocycles. The van der Waals surface area contributed by atoms with Crippen LogP contribution < -0.4 is 0 Å². The van der Waals surface area contributed by atoms with Gasteiger partial charge in [-0.05, 0) is 32.8 Å². The normalized spacial score (nSPS) is 11.8. The lowest BCUT2D eigenvalue weighted by molar-refractivity contribution is -0.146. The predicted molar refractivity (Wildman–Crippen MR) is 76.3 cm³/mol. The second kappa shape index (κ2) is 9.10. The summed E-state index contributed by atoms with van der Waals surface area (Å²) >= 11 is 0. The third kappa shape index (κ3) is 5.53. The highest BCUT2D eigenvalue weighted by atomic mass is 19.1. The van der Waals surface area contributed by atoms with Crippen LogP contribution in [-0.2, 0) is 19.1 Å². The van der Waals surface area contributed by atoms with Crippen LogP contribution in [0.2, 0.25) is 0 Å². The molecule has 1 unspecified atom stereocenters. The largest absolute Gasteiger partial charge is 0.466 e. The minimum Gasteiger partial charge on any atom is -0.466 e. The number of benzene rings is 1. The molecule has 0 bridgehead atoms. The molecule has 0 aliphatic carbocycles. The first-order valence-corrected chi connectivity index (χ1v) is 7.16. The molecule has 0 fully saturated rings. The van der Waals surface area contributed by atoms with Crippen LogP contribution in [0.15, 0.2) is 24.3 Å². The molecular formula is C16H21FO4. The van der Waals surface area contributed by atoms with E-state index in [1.807, 2.05) is 0 Å². The van der Waals surface area contributed by atoms with Crippen molar-refractivity contribution in [3.8, 4) is 0 Å². The molecule has 0 aliphatic heterocycles. The van der Waals surface area contributed by atoms with Crippen LogP contribution in [0.5, 0.6) is 0 Å². The Hall–Kier alpha value is -1.91. The van der Waals surface area contributed by atoms with Crippen molar-refractivity contribution in [1.82, 2.24) is 0 Å². The monoisotopic (exact) mass is 296 g/mol. The van der Waals surface area contributed by atoms with Gasteiger partial charge in [-0.1, -0.05) is 18.2 Å². The van der Waals surface area contributed by atoms with Crippen LogP contribution in [-0.4, -0.2) is 25.2 Å². The Labute approximate surface area is 124 Å². The molecule has 0 heterocycles. The Morgan fingerprint density at radius 1 is 1.14 bits per heavy atom. The van der Waals surface area contributed by atoms with Gasteiger partial charge in [-0.2, -0.15) is 0 Å². The number of carbonyl (C=O) groups excluding carboxylic acids is 2. The van der Waals surface area contributed by atoms with Gasteiger partial charge in [0.05, 0.1) is 19.1 Å². The Kier molecular flexibility index (Phi) is 7.43. The summed E-state index contributed by atoms with van der Waals surface area (Å²) in [4.78, 5) is 23.3. The van der Waals surface area contributed by atoms with E-state index >= 15 is 0 Å². The first kappa shape index (κ1) is 17.1. The van der Waals surface area contributed by atoms with Gasteiger partial charge in [0, 0.05) is 12.0 Å². The molecule has 1 rings (SSSR count). The fourth-order valence-corrected chi connectivity index (χ4v) is 2.08. The summed E-state index contributed by atoms with van der Waals surface area (Å²) in [5, 5.41) is 0. The minimum atomic E-state index is -0.694. The Bertz CT molecular complexity index is 473. The summed E-state index contributed by atoms with van der Waals surface area (Å²) in [6, 6.07) is 6.13. The lowest BCUT2D eigenvalue weighted by atomic mass is 9.93. The van der Waals surface area contributed by atoms with Gasteiger partial charge in [0.25, 0.3) is 0 Å². The molecule has 21 heavy (non-hydrogen) atoms. The van der Waals surface area contributed by atoms with Gasteiger partial charge < -0.3 is 9.47 Å². The fourth-order valence-electron chi connectivity index (χ4n) is 2.08. The van der Waals surface area contributed by atoms with Crippen molar-refractivity contribution >= 4 is 11.9 Å². The van der Waals surface area contributed by atoms with Crippen molar-refractivity contribution < 1.29 is 23.5 Å². The first-order chi connectivity index (χ1) is 10.1. The molecule has 0 saturated heterocycles. The van der Waals surface area contributed by atoms with E-state index in [0.29, 0.717) is 25.0 Å². The molecule has 1 atom stereocenters. The summed E-state index contributed by atoms with van der Waals surface area (Å²) in [5.74, 6) is -1.91. The van der Waals surface area contributed by atoms with E-state index in [2.05, 4.69) is 0 Å². The van der Waals surface area contributed by atoms with E-state index < -0.39 is 17.7 Å². The second-order valence-corrected chi connectivity index (χ2v) is 4.52. The average Bonchev–Trinajstić information content (AvgIpc) is 2.45. The van der Waals surface area contributed by atoms with Crippen LogP contribution in [0.1, 0.15) is 44.6 Å². The SMILES string of the molecule is CCOC(=O)CCCC(C(=O)OCC)c1ccccc1F. The summed E-state index contributed by atoms with van der Waals surface area (Å²) < 4.78 is 23.7. The number of ether oxygens (including phenoxy) is 2. The van der Waals surface area contributed by atoms with Crippen molar-refractivity contribution in [3.05, 3.63) is 35.6 Å². The van der Waals surface area contributed by atoms with Crippen molar-refractivity contribution in [2.24, 2.45) is 0 Å². The number of carbonyl (C=O) groups is 2. The van der Waals surface area contributed by atoms with E-state index in [1.54, 1.807) is 32.0 Å². The highest BCUT2D eigenvalue weighted by Gasteiger charge is 2.24. The maximum atomic E-state index is 13.8. The third-order valence-corrected chi connectivity index (χ3v) is 3.03. The molecular weight excluding hydrogens is 275 g/mol. The van der Waals surface area contributed by atoms with E-state index in [9.17, 15) is 14.0 Å². The van der Waals surface area contributed by atoms with Gasteiger partial charge in [-0.25, -0.2) is 4.39 Å². The maximum absolute atomic E-state index is 13.8. The van der Waals surface area contributed by atoms with Gasteiger partial charge in [-0.15, -0.1) is 0 Å². The number of hydrogen-bond acceptors (Lipinski definition) is 4. The smallest absolute Gasteiger partial charge is 0.313 e. The molecule has 0 saturated carbocycles. The zero-order valence-corrected chi connectivity index (χ0v) is 12.4. The summed E-state index contributed by atoms with van der Waals surface area (Å²) in [6.45, 7) is 4.00. The minimum absolute atomic E-state index is 0.207. The van der Waals surface area contributed by atoms with Gasteiger partial charge in [-0.3, -0.25) is 9.59 Å². The van der Waals surface area contributed by atoms with E-state index in [-0.39, 0.29) is 19.0 Å². The molecule has 0 N–H and O–H groups in total. The summed E-state index contributed by atoms with van der Waals surface area (Å²) in [7, 11) is 0. The van der Waals surface area contributed by atoms with Gasteiger partial charge in [0.15, 0.2) is 0 Å².